The van der Waals surface area contributed by atoms with Gasteiger partial charge < -0.3 is 14.8 Å². The Bertz CT molecular complexity index is 416. The second-order valence-electron chi connectivity index (χ2n) is 3.78. The minimum atomic E-state index is -0.423. The van der Waals surface area contributed by atoms with Crippen molar-refractivity contribution < 1.29 is 14.3 Å². The van der Waals surface area contributed by atoms with Crippen molar-refractivity contribution in [2.75, 3.05) is 26.8 Å². The first-order valence-corrected chi connectivity index (χ1v) is 5.80. The van der Waals surface area contributed by atoms with Crippen molar-refractivity contribution in [2.24, 2.45) is 0 Å². The molecule has 5 heteroatoms. The number of nitrogens with one attached hydrogen (secondary N) is 1. The van der Waals surface area contributed by atoms with E-state index in [1.807, 2.05) is 0 Å². The summed E-state index contributed by atoms with van der Waals surface area (Å²) >= 11 is 5.98. The molecular weight excluding hydrogens is 242 g/mol. The van der Waals surface area contributed by atoms with Crippen LogP contribution in [0.15, 0.2) is 18.2 Å². The van der Waals surface area contributed by atoms with Crippen LogP contribution in [0.5, 0.6) is 5.75 Å². The van der Waals surface area contributed by atoms with Crippen LogP contribution in [0.4, 0.5) is 0 Å². The number of hydrogen-bond donors (Lipinski definition) is 1. The van der Waals surface area contributed by atoms with E-state index in [4.69, 9.17) is 21.1 Å². The van der Waals surface area contributed by atoms with E-state index in [-0.39, 0.29) is 5.78 Å². The third kappa shape index (κ3) is 2.77. The van der Waals surface area contributed by atoms with Gasteiger partial charge in [0.1, 0.15) is 11.9 Å². The van der Waals surface area contributed by atoms with Crippen molar-refractivity contribution in [3.8, 4) is 5.75 Å². The van der Waals surface area contributed by atoms with Crippen molar-refractivity contribution in [1.82, 2.24) is 5.32 Å². The molecule has 4 nitrogen and oxygen atoms in total. The molecule has 0 aliphatic carbocycles. The van der Waals surface area contributed by atoms with Gasteiger partial charge in [0.15, 0.2) is 5.78 Å². The first-order valence-electron chi connectivity index (χ1n) is 5.42. The molecule has 0 radical (unpaired) electrons. The van der Waals surface area contributed by atoms with Gasteiger partial charge in [0, 0.05) is 18.7 Å². The Morgan fingerprint density at radius 1 is 1.59 bits per heavy atom. The van der Waals surface area contributed by atoms with Gasteiger partial charge in [-0.2, -0.15) is 0 Å². The van der Waals surface area contributed by atoms with Crippen LogP contribution in [0.3, 0.4) is 0 Å². The largest absolute Gasteiger partial charge is 0.495 e. The SMILES string of the molecule is COc1ccc(C(=O)C2CNCCO2)cc1Cl. The van der Waals surface area contributed by atoms with Gasteiger partial charge >= 0.3 is 0 Å². The lowest BCUT2D eigenvalue weighted by Gasteiger charge is -2.22. The highest BCUT2D eigenvalue weighted by atomic mass is 35.5. The molecule has 92 valence electrons. The maximum absolute atomic E-state index is 12.1. The fourth-order valence-corrected chi connectivity index (χ4v) is 2.00. The molecule has 1 aromatic carbocycles. The molecule has 1 heterocycles. The number of carbonyl (C=O) groups is 1. The summed E-state index contributed by atoms with van der Waals surface area (Å²) in [4.78, 5) is 12.1. The second-order valence-corrected chi connectivity index (χ2v) is 4.18. The molecule has 1 atom stereocenters. The molecule has 1 fully saturated rings. The normalized spacial score (nSPS) is 20.0. The lowest BCUT2D eigenvalue weighted by atomic mass is 10.1. The van der Waals surface area contributed by atoms with Gasteiger partial charge in [-0.1, -0.05) is 11.6 Å². The standard InChI is InChI=1S/C12H14ClNO3/c1-16-10-3-2-8(6-9(10)13)12(15)11-7-14-4-5-17-11/h2-3,6,11,14H,4-5,7H2,1H3. The molecule has 0 bridgehead atoms. The van der Waals surface area contributed by atoms with Crippen molar-refractivity contribution in [3.63, 3.8) is 0 Å². The third-order valence-corrected chi connectivity index (χ3v) is 2.95. The highest BCUT2D eigenvalue weighted by Gasteiger charge is 2.23. The molecule has 2 rings (SSSR count). The number of ether oxygens (including phenoxy) is 2. The molecule has 17 heavy (non-hydrogen) atoms. The van der Waals surface area contributed by atoms with Crippen molar-refractivity contribution in [3.05, 3.63) is 28.8 Å². The zero-order chi connectivity index (χ0) is 12.3. The van der Waals surface area contributed by atoms with Gasteiger partial charge in [0.2, 0.25) is 0 Å². The topological polar surface area (TPSA) is 47.6 Å². The Labute approximate surface area is 105 Å². The molecule has 1 saturated heterocycles. The van der Waals surface area contributed by atoms with Crippen molar-refractivity contribution >= 4 is 17.4 Å². The Kier molecular flexibility index (Phi) is 3.99. The molecule has 0 saturated carbocycles. The minimum absolute atomic E-state index is 0.0539. The van der Waals surface area contributed by atoms with E-state index < -0.39 is 6.10 Å². The molecule has 0 aromatic heterocycles. The molecule has 1 aliphatic rings. The highest BCUT2D eigenvalue weighted by molar-refractivity contribution is 6.32. The monoisotopic (exact) mass is 255 g/mol. The van der Waals surface area contributed by atoms with E-state index in [1.165, 1.54) is 7.11 Å². The number of halogens is 1. The molecule has 0 amide bonds. The molecule has 1 unspecified atom stereocenters. The van der Waals surface area contributed by atoms with Crippen LogP contribution in [0, 0.1) is 0 Å². The Hall–Kier alpha value is -1.10. The van der Waals surface area contributed by atoms with Gasteiger partial charge in [-0.3, -0.25) is 4.79 Å². The van der Waals surface area contributed by atoms with E-state index in [0.29, 0.717) is 29.5 Å². The maximum atomic E-state index is 12.1. The van der Waals surface area contributed by atoms with E-state index in [0.717, 1.165) is 6.54 Å². The number of hydrogen-bond acceptors (Lipinski definition) is 4. The number of carbonyl (C=O) groups excluding carboxylic acids is 1. The first-order chi connectivity index (χ1) is 8.22. The smallest absolute Gasteiger partial charge is 0.192 e. The highest BCUT2D eigenvalue weighted by Crippen LogP contribution is 2.25. The van der Waals surface area contributed by atoms with Gasteiger partial charge in [-0.25, -0.2) is 0 Å². The zero-order valence-corrected chi connectivity index (χ0v) is 10.3. The maximum Gasteiger partial charge on any atom is 0.192 e. The summed E-state index contributed by atoms with van der Waals surface area (Å²) in [5, 5.41) is 3.55. The first kappa shape index (κ1) is 12.4. The molecular formula is C12H14ClNO3. The van der Waals surface area contributed by atoms with Crippen LogP contribution in [0.2, 0.25) is 5.02 Å². The summed E-state index contributed by atoms with van der Waals surface area (Å²) in [7, 11) is 1.54. The zero-order valence-electron chi connectivity index (χ0n) is 9.53. The lowest BCUT2D eigenvalue weighted by Crippen LogP contribution is -2.43. The fourth-order valence-electron chi connectivity index (χ4n) is 1.74. The molecule has 0 spiro atoms. The average Bonchev–Trinajstić information content (AvgIpc) is 2.39. The van der Waals surface area contributed by atoms with Gasteiger partial charge in [0.25, 0.3) is 0 Å². The number of methoxy groups -OCH3 is 1. The van der Waals surface area contributed by atoms with E-state index in [1.54, 1.807) is 18.2 Å². The Balaban J connectivity index is 2.16. The summed E-state index contributed by atoms with van der Waals surface area (Å²) in [5.41, 5.74) is 0.546. The quantitative estimate of drug-likeness (QED) is 0.832. The van der Waals surface area contributed by atoms with Crippen molar-refractivity contribution in [1.29, 1.82) is 0 Å². The summed E-state index contributed by atoms with van der Waals surface area (Å²) in [5.74, 6) is 0.507. The Morgan fingerprint density at radius 2 is 2.41 bits per heavy atom. The number of benzene rings is 1. The van der Waals surface area contributed by atoms with Crippen LogP contribution >= 0.6 is 11.6 Å². The average molecular weight is 256 g/mol. The molecule has 1 aromatic rings. The summed E-state index contributed by atoms with van der Waals surface area (Å²) < 4.78 is 10.4. The van der Waals surface area contributed by atoms with Crippen LogP contribution < -0.4 is 10.1 Å². The van der Waals surface area contributed by atoms with E-state index in [9.17, 15) is 4.79 Å². The van der Waals surface area contributed by atoms with Gasteiger partial charge in [0.05, 0.1) is 18.7 Å². The fraction of sp³-hybridized carbons (Fsp3) is 0.417. The predicted molar refractivity (Wildman–Crippen MR) is 64.9 cm³/mol. The second kappa shape index (κ2) is 5.49. The number of Topliss-reactive ketones (excluding diaryl/α,β-unsaturated/α-hetero) is 1. The van der Waals surface area contributed by atoms with Crippen LogP contribution in [-0.4, -0.2) is 38.7 Å². The number of morpholine rings is 1. The predicted octanol–water partition coefficient (Wildman–Crippen LogP) is 1.52. The van der Waals surface area contributed by atoms with E-state index in [2.05, 4.69) is 5.32 Å². The molecule has 1 aliphatic heterocycles. The van der Waals surface area contributed by atoms with Crippen LogP contribution in [0.25, 0.3) is 0 Å². The number of ketones is 1. The van der Waals surface area contributed by atoms with Crippen LogP contribution in [-0.2, 0) is 4.74 Å². The van der Waals surface area contributed by atoms with Gasteiger partial charge in [-0.15, -0.1) is 0 Å². The number of rotatable bonds is 3. The van der Waals surface area contributed by atoms with Crippen molar-refractivity contribution in [2.45, 2.75) is 6.10 Å². The third-order valence-electron chi connectivity index (χ3n) is 2.66. The van der Waals surface area contributed by atoms with E-state index >= 15 is 0 Å². The Morgan fingerprint density at radius 3 is 3.00 bits per heavy atom. The summed E-state index contributed by atoms with van der Waals surface area (Å²) in [6.07, 6.45) is -0.423. The summed E-state index contributed by atoms with van der Waals surface area (Å²) in [6.45, 7) is 1.88. The lowest BCUT2D eigenvalue weighted by molar-refractivity contribution is 0.0269. The van der Waals surface area contributed by atoms with Crippen LogP contribution in [0.1, 0.15) is 10.4 Å². The molecule has 1 N–H and O–H groups in total. The van der Waals surface area contributed by atoms with Gasteiger partial charge in [-0.05, 0) is 18.2 Å². The summed E-state index contributed by atoms with van der Waals surface area (Å²) in [6, 6.07) is 5.00. The minimum Gasteiger partial charge on any atom is -0.495 e.